The minimum atomic E-state index is 0.116. The molecule has 0 aromatic carbocycles. The van der Waals surface area contributed by atoms with E-state index in [1.807, 2.05) is 25.2 Å². The highest BCUT2D eigenvalue weighted by Gasteiger charge is 2.05. The Morgan fingerprint density at radius 3 is 2.50 bits per heavy atom. The van der Waals surface area contributed by atoms with Crippen LogP contribution in [0.1, 0.15) is 20.3 Å². The lowest BCUT2D eigenvalue weighted by Crippen LogP contribution is -2.06. The highest BCUT2D eigenvalue weighted by Crippen LogP contribution is 2.05. The van der Waals surface area contributed by atoms with Crippen LogP contribution < -0.4 is 0 Å². The summed E-state index contributed by atoms with van der Waals surface area (Å²) in [6.07, 6.45) is 7.76. The van der Waals surface area contributed by atoms with Gasteiger partial charge in [0.05, 0.1) is 0 Å². The third-order valence-electron chi connectivity index (χ3n) is 1.66. The summed E-state index contributed by atoms with van der Waals surface area (Å²) in [5.74, 6) is 0.116. The first-order chi connectivity index (χ1) is 6.65. The summed E-state index contributed by atoms with van der Waals surface area (Å²) in [5, 5.41) is 0. The predicted octanol–water partition coefficient (Wildman–Crippen LogP) is 2.72. The molecule has 0 atom stereocenters. The largest absolute Gasteiger partial charge is 0.300 e. The second-order valence-corrected chi connectivity index (χ2v) is 2.91. The Morgan fingerprint density at radius 2 is 2.14 bits per heavy atom. The summed E-state index contributed by atoms with van der Waals surface area (Å²) in [4.78, 5) is 15.1. The van der Waals surface area contributed by atoms with E-state index in [4.69, 9.17) is 0 Å². The lowest BCUT2D eigenvalue weighted by Gasteiger charge is -2.03. The zero-order chi connectivity index (χ0) is 11.0. The number of aliphatic imine (C=N–C) groups is 1. The van der Waals surface area contributed by atoms with Gasteiger partial charge in [0.2, 0.25) is 0 Å². The van der Waals surface area contributed by atoms with Crippen molar-refractivity contribution < 1.29 is 4.79 Å². The number of Topliss-reactive ketones (excluding diaryl/α,β-unsaturated/α-hetero) is 1. The van der Waals surface area contributed by atoms with Gasteiger partial charge in [-0.05, 0) is 19.4 Å². The van der Waals surface area contributed by atoms with Gasteiger partial charge in [0, 0.05) is 19.2 Å². The van der Waals surface area contributed by atoms with Crippen molar-refractivity contribution in [3.05, 3.63) is 36.5 Å². The number of carbonyl (C=O) groups excluding carboxylic acids is 1. The molecule has 0 aliphatic heterocycles. The summed E-state index contributed by atoms with van der Waals surface area (Å²) >= 11 is 0. The van der Waals surface area contributed by atoms with Gasteiger partial charge in [-0.3, -0.25) is 9.79 Å². The van der Waals surface area contributed by atoms with E-state index in [0.29, 0.717) is 6.42 Å². The lowest BCUT2D eigenvalue weighted by atomic mass is 10.0. The van der Waals surface area contributed by atoms with E-state index in [9.17, 15) is 4.79 Å². The molecule has 0 saturated carbocycles. The molecule has 0 rings (SSSR count). The molecular formula is C12H17NO. The molecule has 14 heavy (non-hydrogen) atoms. The van der Waals surface area contributed by atoms with Gasteiger partial charge in [0.15, 0.2) is 0 Å². The Labute approximate surface area is 85.7 Å². The molecule has 0 aliphatic rings. The van der Waals surface area contributed by atoms with Gasteiger partial charge in [-0.2, -0.15) is 0 Å². The van der Waals surface area contributed by atoms with Crippen LogP contribution in [0.25, 0.3) is 0 Å². The van der Waals surface area contributed by atoms with Crippen LogP contribution in [-0.4, -0.2) is 18.5 Å². The molecule has 0 aliphatic carbocycles. The van der Waals surface area contributed by atoms with Gasteiger partial charge in [-0.1, -0.05) is 30.9 Å². The van der Waals surface area contributed by atoms with Crippen molar-refractivity contribution in [3.63, 3.8) is 0 Å². The Kier molecular flexibility index (Phi) is 6.29. The average Bonchev–Trinajstić information content (AvgIpc) is 2.13. The fourth-order valence-electron chi connectivity index (χ4n) is 1.10. The summed E-state index contributed by atoms with van der Waals surface area (Å²) in [6.45, 7) is 7.12. The zero-order valence-corrected chi connectivity index (χ0v) is 9.08. The van der Waals surface area contributed by atoms with Crippen molar-refractivity contribution in [1.29, 1.82) is 0 Å². The topological polar surface area (TPSA) is 29.4 Å². The van der Waals surface area contributed by atoms with E-state index in [-0.39, 0.29) is 5.78 Å². The van der Waals surface area contributed by atoms with Gasteiger partial charge in [-0.25, -0.2) is 0 Å². The monoisotopic (exact) mass is 191 g/mol. The van der Waals surface area contributed by atoms with Gasteiger partial charge < -0.3 is 0 Å². The Bertz CT molecular complexity index is 295. The number of hydrogen-bond donors (Lipinski definition) is 0. The molecule has 76 valence electrons. The second kappa shape index (κ2) is 7.01. The molecule has 0 spiro atoms. The molecule has 0 aromatic heterocycles. The molecule has 0 unspecified atom stereocenters. The fraction of sp³-hybridized carbons (Fsp3) is 0.333. The Balaban J connectivity index is 4.87. The molecule has 0 bridgehead atoms. The molecule has 2 heteroatoms. The first kappa shape index (κ1) is 12.6. The molecule has 0 aromatic rings. The van der Waals surface area contributed by atoms with E-state index in [1.165, 1.54) is 0 Å². The van der Waals surface area contributed by atoms with Crippen LogP contribution in [0.15, 0.2) is 41.4 Å². The van der Waals surface area contributed by atoms with Crippen molar-refractivity contribution in [2.24, 2.45) is 4.99 Å². The molecule has 2 nitrogen and oxygen atoms in total. The Hall–Kier alpha value is -1.44. The van der Waals surface area contributed by atoms with Crippen LogP contribution in [-0.2, 0) is 4.79 Å². The first-order valence-corrected chi connectivity index (χ1v) is 4.56. The number of carbonyl (C=O) groups is 1. The maximum atomic E-state index is 11.0. The third-order valence-corrected chi connectivity index (χ3v) is 1.66. The van der Waals surface area contributed by atoms with E-state index >= 15 is 0 Å². The fourth-order valence-corrected chi connectivity index (χ4v) is 1.10. The quantitative estimate of drug-likeness (QED) is 0.485. The smallest absolute Gasteiger partial charge is 0.135 e. The van der Waals surface area contributed by atoms with E-state index in [1.54, 1.807) is 20.0 Å². The van der Waals surface area contributed by atoms with Crippen molar-refractivity contribution >= 4 is 11.5 Å². The maximum Gasteiger partial charge on any atom is 0.135 e. The van der Waals surface area contributed by atoms with Crippen LogP contribution in [0.2, 0.25) is 0 Å². The van der Waals surface area contributed by atoms with Crippen molar-refractivity contribution in [1.82, 2.24) is 0 Å². The highest BCUT2D eigenvalue weighted by molar-refractivity contribution is 6.11. The summed E-state index contributed by atoms with van der Waals surface area (Å²) in [7, 11) is 1.69. The number of ketones is 1. The van der Waals surface area contributed by atoms with E-state index in [2.05, 4.69) is 11.6 Å². The van der Waals surface area contributed by atoms with Crippen molar-refractivity contribution in [2.75, 3.05) is 7.05 Å². The van der Waals surface area contributed by atoms with Crippen LogP contribution in [0.5, 0.6) is 0 Å². The number of rotatable bonds is 5. The predicted molar refractivity (Wildman–Crippen MR) is 61.8 cm³/mol. The van der Waals surface area contributed by atoms with Gasteiger partial charge >= 0.3 is 0 Å². The number of allylic oxidation sites excluding steroid dienone is 5. The van der Waals surface area contributed by atoms with Crippen LogP contribution in [0.4, 0.5) is 0 Å². The standard InChI is InChI=1S/C12H17NO/c1-5-7-11(8-6-2)12(13-4)9-10(3)14/h5-8H,1,9H2,2-4H3/b8-6-,11-7+,13-12?. The van der Waals surface area contributed by atoms with E-state index in [0.717, 1.165) is 11.3 Å². The molecule has 0 saturated heterocycles. The van der Waals surface area contributed by atoms with E-state index < -0.39 is 0 Å². The van der Waals surface area contributed by atoms with Gasteiger partial charge in [0.25, 0.3) is 0 Å². The summed E-state index contributed by atoms with van der Waals surface area (Å²) in [6, 6.07) is 0. The van der Waals surface area contributed by atoms with Crippen LogP contribution in [0.3, 0.4) is 0 Å². The van der Waals surface area contributed by atoms with Gasteiger partial charge in [0.1, 0.15) is 5.78 Å². The van der Waals surface area contributed by atoms with Crippen molar-refractivity contribution in [3.8, 4) is 0 Å². The molecule has 0 N–H and O–H groups in total. The number of nitrogens with zero attached hydrogens (tertiary/aromatic N) is 1. The number of hydrogen-bond acceptors (Lipinski definition) is 2. The van der Waals surface area contributed by atoms with Gasteiger partial charge in [-0.15, -0.1) is 0 Å². The second-order valence-electron chi connectivity index (χ2n) is 2.91. The third kappa shape index (κ3) is 4.55. The minimum absolute atomic E-state index is 0.116. The summed E-state index contributed by atoms with van der Waals surface area (Å²) in [5.41, 5.74) is 1.75. The van der Waals surface area contributed by atoms with Crippen molar-refractivity contribution in [2.45, 2.75) is 20.3 Å². The SMILES string of the molecule is C=C/C=C(\C=C/C)C(CC(C)=O)=NC. The molecule has 0 fully saturated rings. The zero-order valence-electron chi connectivity index (χ0n) is 9.08. The minimum Gasteiger partial charge on any atom is -0.300 e. The Morgan fingerprint density at radius 1 is 1.50 bits per heavy atom. The summed E-state index contributed by atoms with van der Waals surface area (Å²) < 4.78 is 0. The molecule has 0 amide bonds. The van der Waals surface area contributed by atoms with Crippen LogP contribution in [0, 0.1) is 0 Å². The molecule has 0 radical (unpaired) electrons. The molecule has 0 heterocycles. The van der Waals surface area contributed by atoms with Crippen LogP contribution >= 0.6 is 0 Å². The maximum absolute atomic E-state index is 11.0. The normalized spacial score (nSPS) is 13.4. The molecular weight excluding hydrogens is 174 g/mol. The lowest BCUT2D eigenvalue weighted by molar-refractivity contribution is -0.115. The first-order valence-electron chi connectivity index (χ1n) is 4.56. The average molecular weight is 191 g/mol. The highest BCUT2D eigenvalue weighted by atomic mass is 16.1.